The zero-order valence-electron chi connectivity index (χ0n) is 17.6. The molecule has 0 bridgehead atoms. The Kier molecular flexibility index (Phi) is 5.49. The Morgan fingerprint density at radius 3 is 2.73 bits per heavy atom. The number of sulfonamides is 1. The van der Waals surface area contributed by atoms with Crippen molar-refractivity contribution < 1.29 is 8.42 Å². The van der Waals surface area contributed by atoms with Gasteiger partial charge in [0, 0.05) is 36.6 Å². The number of fused-ring (bicyclic) bond motifs is 2. The quantitative estimate of drug-likeness (QED) is 0.400. The molecular weight excluding hydrogens is 458 g/mol. The number of nitrogens with zero attached hydrogens (tertiary/aromatic N) is 4. The van der Waals surface area contributed by atoms with Crippen LogP contribution in [-0.2, 0) is 23.1 Å². The molecule has 0 atom stereocenters. The molecule has 0 unspecified atom stereocenters. The van der Waals surface area contributed by atoms with Crippen LogP contribution < -0.4 is 5.56 Å². The van der Waals surface area contributed by atoms with E-state index in [4.69, 9.17) is 0 Å². The smallest absolute Gasteiger partial charge is 0.252 e. The maximum absolute atomic E-state index is 13.8. The van der Waals surface area contributed by atoms with Gasteiger partial charge in [0.05, 0.1) is 11.7 Å². The maximum Gasteiger partial charge on any atom is 0.252 e. The minimum absolute atomic E-state index is 0.0510. The first-order valence-electron chi connectivity index (χ1n) is 10.1. The molecule has 0 saturated carbocycles. The van der Waals surface area contributed by atoms with Crippen LogP contribution in [0, 0.1) is 6.92 Å². The third-order valence-electron chi connectivity index (χ3n) is 5.37. The number of pyridine rings is 2. The van der Waals surface area contributed by atoms with Crippen molar-refractivity contribution in [2.75, 3.05) is 0 Å². The van der Waals surface area contributed by atoms with Crippen molar-refractivity contribution in [1.82, 2.24) is 23.0 Å². The Balaban J connectivity index is 1.62. The number of benzene rings is 2. The first-order valence-corrected chi connectivity index (χ1v) is 12.3. The van der Waals surface area contributed by atoms with Crippen LogP contribution in [0.15, 0.2) is 76.7 Å². The van der Waals surface area contributed by atoms with Crippen molar-refractivity contribution >= 4 is 43.7 Å². The summed E-state index contributed by atoms with van der Waals surface area (Å²) >= 11 is 0.960. The van der Waals surface area contributed by atoms with Gasteiger partial charge in [-0.1, -0.05) is 23.8 Å². The van der Waals surface area contributed by atoms with Crippen molar-refractivity contribution in [3.8, 4) is 0 Å². The van der Waals surface area contributed by atoms with Gasteiger partial charge in [0.1, 0.15) is 15.9 Å². The lowest BCUT2D eigenvalue weighted by molar-refractivity contribution is 0.400. The van der Waals surface area contributed by atoms with Crippen LogP contribution in [-0.4, -0.2) is 31.4 Å². The average Bonchev–Trinajstić information content (AvgIpc) is 3.29. The van der Waals surface area contributed by atoms with Gasteiger partial charge in [-0.05, 0) is 54.3 Å². The molecule has 33 heavy (non-hydrogen) atoms. The maximum atomic E-state index is 13.8. The van der Waals surface area contributed by atoms with Crippen LogP contribution in [0.1, 0.15) is 16.7 Å². The van der Waals surface area contributed by atoms with E-state index in [2.05, 4.69) is 18.7 Å². The summed E-state index contributed by atoms with van der Waals surface area (Å²) < 4.78 is 37.3. The van der Waals surface area contributed by atoms with Crippen LogP contribution in [0.5, 0.6) is 0 Å². The van der Waals surface area contributed by atoms with Gasteiger partial charge in [0.25, 0.3) is 5.56 Å². The van der Waals surface area contributed by atoms with E-state index in [1.807, 2.05) is 25.1 Å². The van der Waals surface area contributed by atoms with Crippen molar-refractivity contribution in [3.05, 3.63) is 94.0 Å². The number of nitrogens with one attached hydrogen (secondary N) is 1. The average molecular weight is 478 g/mol. The fourth-order valence-corrected chi connectivity index (χ4v) is 5.89. The number of hydrogen-bond donors (Lipinski definition) is 1. The van der Waals surface area contributed by atoms with E-state index in [1.165, 1.54) is 10.4 Å². The summed E-state index contributed by atoms with van der Waals surface area (Å²) in [6.45, 7) is 1.91. The number of aryl methyl sites for hydroxylation is 1. The largest absolute Gasteiger partial charge is 0.322 e. The summed E-state index contributed by atoms with van der Waals surface area (Å²) in [6, 6.07) is 15.9. The minimum Gasteiger partial charge on any atom is -0.322 e. The van der Waals surface area contributed by atoms with E-state index in [-0.39, 0.29) is 23.5 Å². The molecule has 0 amide bonds. The number of H-pyrrole nitrogens is 1. The molecule has 0 radical (unpaired) electrons. The molecule has 5 rings (SSSR count). The van der Waals surface area contributed by atoms with E-state index in [9.17, 15) is 13.2 Å². The van der Waals surface area contributed by atoms with Crippen LogP contribution in [0.4, 0.5) is 0 Å². The second-order valence-electron chi connectivity index (χ2n) is 7.74. The summed E-state index contributed by atoms with van der Waals surface area (Å²) in [5.74, 6) is 0. The molecule has 5 aromatic rings. The molecule has 8 nitrogen and oxygen atoms in total. The normalized spacial score (nSPS) is 12.1. The lowest BCUT2D eigenvalue weighted by Crippen LogP contribution is -2.32. The van der Waals surface area contributed by atoms with E-state index < -0.39 is 10.0 Å². The highest BCUT2D eigenvalue weighted by atomic mass is 32.2. The fourth-order valence-electron chi connectivity index (χ4n) is 3.73. The molecule has 0 aliphatic rings. The molecule has 3 heterocycles. The molecule has 0 aliphatic heterocycles. The van der Waals surface area contributed by atoms with Crippen LogP contribution in [0.25, 0.3) is 21.9 Å². The van der Waals surface area contributed by atoms with Gasteiger partial charge < -0.3 is 4.98 Å². The first kappa shape index (κ1) is 21.4. The Morgan fingerprint density at radius 2 is 1.91 bits per heavy atom. The minimum atomic E-state index is -4.02. The molecule has 3 aromatic heterocycles. The summed E-state index contributed by atoms with van der Waals surface area (Å²) in [7, 11) is -4.02. The highest BCUT2D eigenvalue weighted by Gasteiger charge is 2.29. The number of aromatic nitrogens is 4. The first-order chi connectivity index (χ1) is 15.9. The second-order valence-corrected chi connectivity index (χ2v) is 10.2. The monoisotopic (exact) mass is 477 g/mol. The number of hydrogen-bond acceptors (Lipinski definition) is 7. The molecule has 1 N–H and O–H groups in total. The Bertz CT molecular complexity index is 1630. The lowest BCUT2D eigenvalue weighted by Gasteiger charge is -2.22. The fraction of sp³-hybridized carbons (Fsp3) is 0.130. The van der Waals surface area contributed by atoms with E-state index in [0.29, 0.717) is 27.7 Å². The Morgan fingerprint density at radius 1 is 1.03 bits per heavy atom. The molecule has 166 valence electrons. The molecule has 0 spiro atoms. The highest BCUT2D eigenvalue weighted by Crippen LogP contribution is 2.27. The molecular formula is C23H19N5O3S2. The van der Waals surface area contributed by atoms with Gasteiger partial charge >= 0.3 is 0 Å². The van der Waals surface area contributed by atoms with Crippen LogP contribution >= 0.6 is 11.7 Å². The third-order valence-corrected chi connectivity index (χ3v) is 7.74. The van der Waals surface area contributed by atoms with Crippen molar-refractivity contribution in [3.63, 3.8) is 0 Å². The second kappa shape index (κ2) is 8.47. The summed E-state index contributed by atoms with van der Waals surface area (Å²) in [5.41, 5.74) is 3.31. The van der Waals surface area contributed by atoms with Gasteiger partial charge in [-0.15, -0.1) is 0 Å². The van der Waals surface area contributed by atoms with Crippen molar-refractivity contribution in [2.45, 2.75) is 24.9 Å². The van der Waals surface area contributed by atoms with E-state index in [1.54, 1.807) is 42.7 Å². The van der Waals surface area contributed by atoms with Crippen LogP contribution in [0.3, 0.4) is 0 Å². The highest BCUT2D eigenvalue weighted by molar-refractivity contribution is 7.89. The van der Waals surface area contributed by atoms with Gasteiger partial charge in [0.2, 0.25) is 10.0 Å². The van der Waals surface area contributed by atoms with Gasteiger partial charge in [-0.3, -0.25) is 9.78 Å². The summed E-state index contributed by atoms with van der Waals surface area (Å²) in [4.78, 5) is 19.9. The third kappa shape index (κ3) is 4.15. The van der Waals surface area contributed by atoms with Crippen LogP contribution in [0.2, 0.25) is 0 Å². The van der Waals surface area contributed by atoms with Crippen molar-refractivity contribution in [1.29, 1.82) is 0 Å². The zero-order valence-corrected chi connectivity index (χ0v) is 19.2. The molecule has 0 fully saturated rings. The summed E-state index contributed by atoms with van der Waals surface area (Å²) in [6.07, 6.45) is 3.24. The van der Waals surface area contributed by atoms with Gasteiger partial charge in [-0.25, -0.2) is 8.42 Å². The molecule has 10 heteroatoms. The SMILES string of the molecule is Cc1ccc2[nH]c(=O)c(CN(Cc3cccnc3)S(=O)(=O)c3cccc4nsnc34)cc2c1. The summed E-state index contributed by atoms with van der Waals surface area (Å²) in [5, 5.41) is 0.842. The van der Waals surface area contributed by atoms with Crippen molar-refractivity contribution in [2.24, 2.45) is 0 Å². The Hall–Kier alpha value is -3.47. The molecule has 2 aromatic carbocycles. The van der Waals surface area contributed by atoms with E-state index in [0.717, 1.165) is 22.7 Å². The zero-order chi connectivity index (χ0) is 23.0. The molecule has 0 saturated heterocycles. The Labute approximate surface area is 193 Å². The van der Waals surface area contributed by atoms with Gasteiger partial charge in [-0.2, -0.15) is 13.1 Å². The predicted molar refractivity (Wildman–Crippen MR) is 127 cm³/mol. The number of aromatic amines is 1. The van der Waals surface area contributed by atoms with Gasteiger partial charge in [0.15, 0.2) is 0 Å². The number of rotatable bonds is 6. The van der Waals surface area contributed by atoms with E-state index >= 15 is 0 Å². The predicted octanol–water partition coefficient (Wildman–Crippen LogP) is 3.63. The standard InChI is InChI=1S/C23H19N5O3S2/c1-15-7-8-19-17(10-15)11-18(23(29)25-19)14-28(13-16-4-3-9-24-12-16)33(30,31)21-6-2-5-20-22(21)27-32-26-20/h2-12H,13-14H2,1H3,(H,25,29). The lowest BCUT2D eigenvalue weighted by atomic mass is 10.1. The molecule has 0 aliphatic carbocycles. The topological polar surface area (TPSA) is 109 Å².